The Labute approximate surface area is 139 Å². The highest BCUT2D eigenvalue weighted by Gasteiger charge is 2.26. The second kappa shape index (κ2) is 9.68. The van der Waals surface area contributed by atoms with E-state index in [-0.39, 0.29) is 11.9 Å². The summed E-state index contributed by atoms with van der Waals surface area (Å²) in [5.41, 5.74) is 0.866. The predicted molar refractivity (Wildman–Crippen MR) is 93.1 cm³/mol. The number of benzene rings is 1. The Hall–Kier alpha value is -1.39. The molecule has 0 spiro atoms. The van der Waals surface area contributed by atoms with Crippen molar-refractivity contribution in [2.75, 3.05) is 19.6 Å². The minimum absolute atomic E-state index is 0.0534. The molecule has 1 aliphatic heterocycles. The van der Waals surface area contributed by atoms with E-state index in [1.54, 1.807) is 0 Å². The summed E-state index contributed by atoms with van der Waals surface area (Å²) in [7, 11) is 0. The van der Waals surface area contributed by atoms with E-state index in [0.717, 1.165) is 44.5 Å². The lowest BCUT2D eigenvalue weighted by Gasteiger charge is -2.28. The molecule has 4 nitrogen and oxygen atoms in total. The van der Waals surface area contributed by atoms with Gasteiger partial charge in [0.05, 0.1) is 6.04 Å². The minimum Gasteiger partial charge on any atom is -0.386 e. The van der Waals surface area contributed by atoms with Gasteiger partial charge in [0.15, 0.2) is 0 Å². The van der Waals surface area contributed by atoms with Crippen LogP contribution < -0.4 is 5.32 Å². The fourth-order valence-corrected chi connectivity index (χ4v) is 3.16. The fourth-order valence-electron chi connectivity index (χ4n) is 3.16. The number of hydrogen-bond acceptors (Lipinski definition) is 3. The molecule has 1 aromatic rings. The van der Waals surface area contributed by atoms with Crippen molar-refractivity contribution >= 4 is 5.91 Å². The van der Waals surface area contributed by atoms with E-state index in [1.165, 1.54) is 12.8 Å². The van der Waals surface area contributed by atoms with Crippen LogP contribution in [0.4, 0.5) is 0 Å². The van der Waals surface area contributed by atoms with Crippen molar-refractivity contribution in [3.05, 3.63) is 35.9 Å². The van der Waals surface area contributed by atoms with Gasteiger partial charge >= 0.3 is 0 Å². The second-order valence-corrected chi connectivity index (χ2v) is 6.49. The summed E-state index contributed by atoms with van der Waals surface area (Å²) in [6.45, 7) is 4.97. The maximum atomic E-state index is 12.2. The second-order valence-electron chi connectivity index (χ2n) is 6.49. The first-order valence-electron chi connectivity index (χ1n) is 8.95. The molecule has 1 aliphatic rings. The first-order valence-corrected chi connectivity index (χ1v) is 8.95. The number of aliphatic hydroxyl groups excluding tert-OH is 1. The summed E-state index contributed by atoms with van der Waals surface area (Å²) in [4.78, 5) is 14.5. The number of carbonyl (C=O) groups is 1. The molecule has 1 amide bonds. The van der Waals surface area contributed by atoms with Gasteiger partial charge in [0, 0.05) is 13.0 Å². The van der Waals surface area contributed by atoms with Crippen molar-refractivity contribution in [2.45, 2.75) is 57.6 Å². The Morgan fingerprint density at radius 3 is 2.57 bits per heavy atom. The van der Waals surface area contributed by atoms with Crippen LogP contribution >= 0.6 is 0 Å². The Kier molecular flexibility index (Phi) is 7.56. The smallest absolute Gasteiger partial charge is 0.220 e. The number of rotatable bonds is 9. The van der Waals surface area contributed by atoms with E-state index >= 15 is 0 Å². The molecule has 23 heavy (non-hydrogen) atoms. The lowest BCUT2D eigenvalue weighted by molar-refractivity contribution is -0.123. The molecule has 1 fully saturated rings. The number of nitrogens with zero attached hydrogens (tertiary/aromatic N) is 1. The number of amides is 1. The highest BCUT2D eigenvalue weighted by Crippen LogP contribution is 2.19. The monoisotopic (exact) mass is 318 g/mol. The van der Waals surface area contributed by atoms with Crippen molar-refractivity contribution in [1.82, 2.24) is 10.2 Å². The van der Waals surface area contributed by atoms with Gasteiger partial charge in [-0.05, 0) is 37.9 Å². The van der Waals surface area contributed by atoms with Crippen LogP contribution in [-0.4, -0.2) is 41.6 Å². The molecule has 4 heteroatoms. The summed E-state index contributed by atoms with van der Waals surface area (Å²) in [5, 5.41) is 13.8. The van der Waals surface area contributed by atoms with Crippen LogP contribution in [0.5, 0.6) is 0 Å². The third-order valence-electron chi connectivity index (χ3n) is 4.53. The molecule has 2 rings (SSSR count). The Bertz CT molecular complexity index is 458. The molecule has 2 N–H and O–H groups in total. The van der Waals surface area contributed by atoms with Crippen LogP contribution in [0.25, 0.3) is 0 Å². The van der Waals surface area contributed by atoms with Gasteiger partial charge in [-0.15, -0.1) is 0 Å². The molecular formula is C19H30N2O2. The van der Waals surface area contributed by atoms with Crippen LogP contribution in [0.2, 0.25) is 0 Å². The summed E-state index contributed by atoms with van der Waals surface area (Å²) in [6, 6.07) is 9.39. The van der Waals surface area contributed by atoms with Gasteiger partial charge in [0.1, 0.15) is 6.10 Å². The average Bonchev–Trinajstić information content (AvgIpc) is 3.08. The van der Waals surface area contributed by atoms with E-state index in [4.69, 9.17) is 0 Å². The third-order valence-corrected chi connectivity index (χ3v) is 4.53. The Morgan fingerprint density at radius 2 is 1.91 bits per heavy atom. The number of hydrogen-bond donors (Lipinski definition) is 2. The molecule has 128 valence electrons. The molecule has 0 bridgehead atoms. The average molecular weight is 318 g/mol. The van der Waals surface area contributed by atoms with Crippen LogP contribution in [-0.2, 0) is 4.79 Å². The van der Waals surface area contributed by atoms with Crippen molar-refractivity contribution in [2.24, 2.45) is 0 Å². The van der Waals surface area contributed by atoms with Gasteiger partial charge in [-0.25, -0.2) is 0 Å². The highest BCUT2D eigenvalue weighted by molar-refractivity contribution is 5.76. The van der Waals surface area contributed by atoms with Gasteiger partial charge in [-0.3, -0.25) is 4.79 Å². The fraction of sp³-hybridized carbons (Fsp3) is 0.632. The molecule has 0 saturated carbocycles. The standard InChI is InChI=1S/C19H30N2O2/c1-2-3-5-12-18(22)20-17(15-21-13-8-9-14-21)19(23)16-10-6-4-7-11-16/h4,6-7,10-11,17,19,23H,2-3,5,8-9,12-15H2,1H3,(H,20,22)/t17-,19-/m1/s1. The molecule has 0 aromatic heterocycles. The van der Waals surface area contributed by atoms with Gasteiger partial charge in [0.2, 0.25) is 5.91 Å². The Balaban J connectivity index is 1.97. The molecule has 0 radical (unpaired) electrons. The number of unbranched alkanes of at least 4 members (excludes halogenated alkanes) is 2. The van der Waals surface area contributed by atoms with E-state index < -0.39 is 6.10 Å². The largest absolute Gasteiger partial charge is 0.386 e. The van der Waals surface area contributed by atoms with Crippen LogP contribution in [0.15, 0.2) is 30.3 Å². The molecule has 0 aliphatic carbocycles. The topological polar surface area (TPSA) is 52.6 Å². The van der Waals surface area contributed by atoms with Crippen LogP contribution in [0, 0.1) is 0 Å². The van der Waals surface area contributed by atoms with Crippen LogP contribution in [0.3, 0.4) is 0 Å². The van der Waals surface area contributed by atoms with E-state index in [2.05, 4.69) is 17.1 Å². The third kappa shape index (κ3) is 5.96. The summed E-state index contributed by atoms with van der Waals surface area (Å²) < 4.78 is 0. The van der Waals surface area contributed by atoms with Crippen LogP contribution in [0.1, 0.15) is 57.1 Å². The first-order chi connectivity index (χ1) is 11.2. The summed E-state index contributed by atoms with van der Waals surface area (Å²) in [5.74, 6) is 0.0534. The first kappa shape index (κ1) is 18.0. The molecular weight excluding hydrogens is 288 g/mol. The molecule has 1 aromatic carbocycles. The number of likely N-dealkylation sites (tertiary alicyclic amines) is 1. The minimum atomic E-state index is -0.660. The van der Waals surface area contributed by atoms with Crippen molar-refractivity contribution in [3.8, 4) is 0 Å². The maximum absolute atomic E-state index is 12.2. The van der Waals surface area contributed by atoms with Gasteiger partial charge < -0.3 is 15.3 Å². The van der Waals surface area contributed by atoms with Gasteiger partial charge in [0.25, 0.3) is 0 Å². The molecule has 1 saturated heterocycles. The zero-order valence-corrected chi connectivity index (χ0v) is 14.2. The molecule has 1 heterocycles. The van der Waals surface area contributed by atoms with E-state index in [1.807, 2.05) is 30.3 Å². The molecule has 2 atom stereocenters. The highest BCUT2D eigenvalue weighted by atomic mass is 16.3. The van der Waals surface area contributed by atoms with Crippen molar-refractivity contribution in [1.29, 1.82) is 0 Å². The normalized spacial score (nSPS) is 17.8. The van der Waals surface area contributed by atoms with E-state index in [9.17, 15) is 9.90 Å². The number of aliphatic hydroxyl groups is 1. The quantitative estimate of drug-likeness (QED) is 0.688. The maximum Gasteiger partial charge on any atom is 0.220 e. The van der Waals surface area contributed by atoms with Gasteiger partial charge in [-0.1, -0.05) is 50.1 Å². The zero-order valence-electron chi connectivity index (χ0n) is 14.2. The lowest BCUT2D eigenvalue weighted by atomic mass is 10.0. The van der Waals surface area contributed by atoms with Crippen molar-refractivity contribution in [3.63, 3.8) is 0 Å². The molecule has 0 unspecified atom stereocenters. The number of carbonyl (C=O) groups excluding carboxylic acids is 1. The Morgan fingerprint density at radius 1 is 1.22 bits per heavy atom. The SMILES string of the molecule is CCCCCC(=O)N[C@H](CN1CCCC1)[C@H](O)c1ccccc1. The number of nitrogens with one attached hydrogen (secondary N) is 1. The zero-order chi connectivity index (χ0) is 16.5. The summed E-state index contributed by atoms with van der Waals surface area (Å²) in [6.07, 6.45) is 5.40. The lowest BCUT2D eigenvalue weighted by Crippen LogP contribution is -2.46. The predicted octanol–water partition coefficient (Wildman–Crippen LogP) is 2.88. The van der Waals surface area contributed by atoms with Crippen molar-refractivity contribution < 1.29 is 9.90 Å². The van der Waals surface area contributed by atoms with Gasteiger partial charge in [-0.2, -0.15) is 0 Å². The summed E-state index contributed by atoms with van der Waals surface area (Å²) >= 11 is 0. The van der Waals surface area contributed by atoms with E-state index in [0.29, 0.717) is 6.42 Å².